The minimum Gasteiger partial charge on any atom is -0.488 e. The van der Waals surface area contributed by atoms with E-state index in [4.69, 9.17) is 4.74 Å². The summed E-state index contributed by atoms with van der Waals surface area (Å²) in [7, 11) is 0. The molecular weight excluding hydrogens is 258 g/mol. The molecule has 0 fully saturated rings. The minimum absolute atomic E-state index is 0.172. The number of hydrogen-bond donors (Lipinski definition) is 1. The second kappa shape index (κ2) is 5.77. The molecule has 1 N–H and O–H groups in total. The van der Waals surface area contributed by atoms with Crippen LogP contribution in [0.15, 0.2) is 24.4 Å². The largest absolute Gasteiger partial charge is 0.488 e. The fraction of sp³-hybridized carbons (Fsp3) is 0.250. The van der Waals surface area contributed by atoms with Gasteiger partial charge in [0.25, 0.3) is 0 Å². The molecular formula is C12H12F2N2OS. The van der Waals surface area contributed by atoms with Gasteiger partial charge in [-0.25, -0.2) is 13.8 Å². The molecule has 1 heterocycles. The molecule has 0 amide bonds. The van der Waals surface area contributed by atoms with Gasteiger partial charge in [0.05, 0.1) is 4.88 Å². The first-order valence-electron chi connectivity index (χ1n) is 5.45. The van der Waals surface area contributed by atoms with E-state index in [0.717, 1.165) is 34.8 Å². The third-order valence-corrected chi connectivity index (χ3v) is 3.03. The lowest BCUT2D eigenvalue weighted by Gasteiger charge is -2.04. The molecule has 0 atom stereocenters. The molecule has 2 rings (SSSR count). The van der Waals surface area contributed by atoms with Crippen LogP contribution in [0.1, 0.15) is 11.8 Å². The molecule has 0 aliphatic carbocycles. The highest BCUT2D eigenvalue weighted by Gasteiger charge is 2.04. The Hall–Kier alpha value is -1.69. The smallest absolute Gasteiger partial charge is 0.182 e. The number of nitrogens with one attached hydrogen (secondary N) is 1. The maximum Gasteiger partial charge on any atom is 0.182 e. The Morgan fingerprint density at radius 2 is 2.00 bits per heavy atom. The van der Waals surface area contributed by atoms with Gasteiger partial charge in [0.15, 0.2) is 5.13 Å². The van der Waals surface area contributed by atoms with Crippen LogP contribution in [0.2, 0.25) is 0 Å². The average Bonchev–Trinajstić information content (AvgIpc) is 2.74. The van der Waals surface area contributed by atoms with Crippen LogP contribution in [0.5, 0.6) is 5.75 Å². The topological polar surface area (TPSA) is 34.2 Å². The summed E-state index contributed by atoms with van der Waals surface area (Å²) in [6, 6.07) is 3.10. The van der Waals surface area contributed by atoms with Crippen molar-refractivity contribution in [1.82, 2.24) is 4.98 Å². The Morgan fingerprint density at radius 1 is 1.28 bits per heavy atom. The van der Waals surface area contributed by atoms with E-state index < -0.39 is 11.6 Å². The van der Waals surface area contributed by atoms with Crippen molar-refractivity contribution in [1.29, 1.82) is 0 Å². The van der Waals surface area contributed by atoms with E-state index in [0.29, 0.717) is 0 Å². The molecule has 0 aliphatic heterocycles. The quantitative estimate of drug-likeness (QED) is 0.903. The van der Waals surface area contributed by atoms with Gasteiger partial charge in [0.1, 0.15) is 24.0 Å². The summed E-state index contributed by atoms with van der Waals surface area (Å²) < 4.78 is 31.1. The summed E-state index contributed by atoms with van der Waals surface area (Å²) in [5, 5.41) is 3.88. The number of rotatable bonds is 5. The number of hydrogen-bond acceptors (Lipinski definition) is 4. The molecule has 2 aromatic rings. The lowest BCUT2D eigenvalue weighted by molar-refractivity contribution is 0.306. The molecule has 0 aliphatic rings. The molecule has 0 radical (unpaired) electrons. The maximum atomic E-state index is 12.9. The van der Waals surface area contributed by atoms with Crippen LogP contribution in [0.25, 0.3) is 0 Å². The van der Waals surface area contributed by atoms with E-state index in [9.17, 15) is 8.78 Å². The zero-order chi connectivity index (χ0) is 13.0. The number of ether oxygens (including phenoxy) is 1. The first-order chi connectivity index (χ1) is 8.67. The average molecular weight is 270 g/mol. The molecule has 18 heavy (non-hydrogen) atoms. The van der Waals surface area contributed by atoms with Gasteiger partial charge in [-0.1, -0.05) is 11.3 Å². The first kappa shape index (κ1) is 12.8. The summed E-state index contributed by atoms with van der Waals surface area (Å²) in [4.78, 5) is 5.02. The predicted octanol–water partition coefficient (Wildman–Crippen LogP) is 3.43. The van der Waals surface area contributed by atoms with Crippen molar-refractivity contribution >= 4 is 16.5 Å². The van der Waals surface area contributed by atoms with Crippen LogP contribution in [0, 0.1) is 11.6 Å². The first-order valence-corrected chi connectivity index (χ1v) is 6.26. The highest BCUT2D eigenvalue weighted by molar-refractivity contribution is 7.15. The van der Waals surface area contributed by atoms with Crippen LogP contribution in [0.3, 0.4) is 0 Å². The molecule has 6 heteroatoms. The van der Waals surface area contributed by atoms with Gasteiger partial charge in [0.2, 0.25) is 0 Å². The van der Waals surface area contributed by atoms with Crippen molar-refractivity contribution in [3.63, 3.8) is 0 Å². The third-order valence-electron chi connectivity index (χ3n) is 2.10. The van der Waals surface area contributed by atoms with Crippen molar-refractivity contribution in [2.75, 3.05) is 11.9 Å². The zero-order valence-electron chi connectivity index (χ0n) is 9.74. The number of thiazole rings is 1. The number of anilines is 1. The standard InChI is InChI=1S/C12H12F2N2OS/c1-2-15-12-16-6-11(18-12)7-17-10-4-8(13)3-9(14)5-10/h3-6H,2,7H2,1H3,(H,15,16). The molecule has 1 aromatic carbocycles. The van der Waals surface area contributed by atoms with Crippen LogP contribution < -0.4 is 10.1 Å². The van der Waals surface area contributed by atoms with Crippen molar-refractivity contribution < 1.29 is 13.5 Å². The monoisotopic (exact) mass is 270 g/mol. The van der Waals surface area contributed by atoms with Gasteiger partial charge in [-0.2, -0.15) is 0 Å². The van der Waals surface area contributed by atoms with E-state index >= 15 is 0 Å². The van der Waals surface area contributed by atoms with Crippen molar-refractivity contribution in [3.8, 4) is 5.75 Å². The molecule has 0 unspecified atom stereocenters. The van der Waals surface area contributed by atoms with E-state index in [1.807, 2.05) is 6.92 Å². The molecule has 0 saturated heterocycles. The fourth-order valence-corrected chi connectivity index (χ4v) is 2.17. The number of benzene rings is 1. The number of aromatic nitrogens is 1. The van der Waals surface area contributed by atoms with E-state index in [2.05, 4.69) is 10.3 Å². The molecule has 1 aromatic heterocycles. The Morgan fingerprint density at radius 3 is 2.67 bits per heavy atom. The normalized spacial score (nSPS) is 10.4. The van der Waals surface area contributed by atoms with E-state index in [-0.39, 0.29) is 12.4 Å². The molecule has 0 spiro atoms. The van der Waals surface area contributed by atoms with Crippen LogP contribution in [-0.2, 0) is 6.61 Å². The summed E-state index contributed by atoms with van der Waals surface area (Å²) >= 11 is 1.45. The SMILES string of the molecule is CCNc1ncc(COc2cc(F)cc(F)c2)s1. The molecule has 0 bridgehead atoms. The zero-order valence-corrected chi connectivity index (χ0v) is 10.6. The maximum absolute atomic E-state index is 12.9. The second-order valence-electron chi connectivity index (χ2n) is 3.56. The van der Waals surface area contributed by atoms with Crippen LogP contribution in [0.4, 0.5) is 13.9 Å². The molecule has 3 nitrogen and oxygen atoms in total. The molecule has 96 valence electrons. The Bertz CT molecular complexity index is 510. The summed E-state index contributed by atoms with van der Waals surface area (Å²) in [5.74, 6) is -1.13. The van der Waals surface area contributed by atoms with Gasteiger partial charge in [-0.15, -0.1) is 0 Å². The predicted molar refractivity (Wildman–Crippen MR) is 67.0 cm³/mol. The Balaban J connectivity index is 1.97. The Kier molecular flexibility index (Phi) is 4.09. The Labute approximate surface area is 107 Å². The summed E-state index contributed by atoms with van der Waals surface area (Å²) in [5.41, 5.74) is 0. The van der Waals surface area contributed by atoms with Gasteiger partial charge in [-0.05, 0) is 6.92 Å². The third kappa shape index (κ3) is 3.40. The highest BCUT2D eigenvalue weighted by Crippen LogP contribution is 2.21. The minimum atomic E-state index is -0.650. The lowest BCUT2D eigenvalue weighted by atomic mass is 10.3. The van der Waals surface area contributed by atoms with Crippen LogP contribution >= 0.6 is 11.3 Å². The highest BCUT2D eigenvalue weighted by atomic mass is 32.1. The van der Waals surface area contributed by atoms with Crippen molar-refractivity contribution in [2.24, 2.45) is 0 Å². The fourth-order valence-electron chi connectivity index (χ4n) is 1.37. The van der Waals surface area contributed by atoms with Gasteiger partial charge in [-0.3, -0.25) is 0 Å². The number of nitrogens with zero attached hydrogens (tertiary/aromatic N) is 1. The van der Waals surface area contributed by atoms with E-state index in [1.54, 1.807) is 6.20 Å². The second-order valence-corrected chi connectivity index (χ2v) is 4.67. The molecule has 0 saturated carbocycles. The van der Waals surface area contributed by atoms with Crippen molar-refractivity contribution in [2.45, 2.75) is 13.5 Å². The van der Waals surface area contributed by atoms with Gasteiger partial charge >= 0.3 is 0 Å². The van der Waals surface area contributed by atoms with Gasteiger partial charge in [0, 0.05) is 30.9 Å². The summed E-state index contributed by atoms with van der Waals surface area (Å²) in [6.07, 6.45) is 1.68. The van der Waals surface area contributed by atoms with Crippen molar-refractivity contribution in [3.05, 3.63) is 40.9 Å². The van der Waals surface area contributed by atoms with E-state index in [1.165, 1.54) is 11.3 Å². The number of halogens is 2. The van der Waals surface area contributed by atoms with Crippen LogP contribution in [-0.4, -0.2) is 11.5 Å². The lowest BCUT2D eigenvalue weighted by Crippen LogP contribution is -1.94. The summed E-state index contributed by atoms with van der Waals surface area (Å²) in [6.45, 7) is 3.02. The van der Waals surface area contributed by atoms with Gasteiger partial charge < -0.3 is 10.1 Å².